The first-order valence-electron chi connectivity index (χ1n) is 7.42. The highest BCUT2D eigenvalue weighted by atomic mass is 19.3. The molecule has 0 bridgehead atoms. The molecule has 4 heterocycles. The van der Waals surface area contributed by atoms with Gasteiger partial charge in [-0.3, -0.25) is 4.68 Å². The van der Waals surface area contributed by atoms with Crippen molar-refractivity contribution in [2.45, 2.75) is 56.8 Å². The Labute approximate surface area is 125 Å². The van der Waals surface area contributed by atoms with Crippen LogP contribution in [0.15, 0.2) is 0 Å². The Morgan fingerprint density at radius 3 is 2.82 bits per heavy atom. The Kier molecular flexibility index (Phi) is 2.65. The van der Waals surface area contributed by atoms with E-state index in [0.717, 1.165) is 0 Å². The Bertz CT molecular complexity index is 654. The van der Waals surface area contributed by atoms with Crippen molar-refractivity contribution in [2.24, 2.45) is 0 Å². The van der Waals surface area contributed by atoms with Crippen LogP contribution < -0.4 is 0 Å². The van der Waals surface area contributed by atoms with Gasteiger partial charge in [0.15, 0.2) is 0 Å². The van der Waals surface area contributed by atoms with Crippen LogP contribution in [0.1, 0.15) is 36.7 Å². The number of hydrogen-bond acceptors (Lipinski definition) is 3. The number of hydrogen-bond donors (Lipinski definition) is 1. The van der Waals surface area contributed by atoms with Gasteiger partial charge in [-0.2, -0.15) is 13.9 Å². The van der Waals surface area contributed by atoms with Crippen LogP contribution in [-0.4, -0.2) is 44.1 Å². The van der Waals surface area contributed by atoms with Crippen molar-refractivity contribution in [3.63, 3.8) is 0 Å². The van der Waals surface area contributed by atoms with Gasteiger partial charge in [0.1, 0.15) is 11.3 Å². The van der Waals surface area contributed by atoms with Crippen LogP contribution in [0.25, 0.3) is 0 Å². The van der Waals surface area contributed by atoms with E-state index in [9.17, 15) is 18.7 Å². The van der Waals surface area contributed by atoms with E-state index in [1.54, 1.807) is 6.92 Å². The summed E-state index contributed by atoms with van der Waals surface area (Å²) in [5.74, 6) is -3.00. The first-order chi connectivity index (χ1) is 10.3. The average Bonchev–Trinajstić information content (AvgIpc) is 3.10. The first-order valence-corrected chi connectivity index (χ1v) is 7.42. The van der Waals surface area contributed by atoms with E-state index < -0.39 is 17.6 Å². The van der Waals surface area contributed by atoms with Gasteiger partial charge in [-0.1, -0.05) is 0 Å². The average molecular weight is 313 g/mol. The van der Waals surface area contributed by atoms with Gasteiger partial charge in [0.25, 0.3) is 5.92 Å². The molecule has 1 amide bonds. The lowest BCUT2D eigenvalue weighted by Crippen LogP contribution is -2.42. The fraction of sp³-hybridized carbons (Fsp3) is 0.714. The normalized spacial score (nSPS) is 32.3. The molecule has 8 heteroatoms. The molecular formula is C14H17F2N3O3. The zero-order valence-corrected chi connectivity index (χ0v) is 12.2. The predicted molar refractivity (Wildman–Crippen MR) is 70.8 cm³/mol. The molecular weight excluding hydrogens is 296 g/mol. The van der Waals surface area contributed by atoms with E-state index in [4.69, 9.17) is 4.74 Å². The summed E-state index contributed by atoms with van der Waals surface area (Å²) in [6.45, 7) is 2.56. The molecule has 1 spiro atoms. The summed E-state index contributed by atoms with van der Waals surface area (Å²) < 4.78 is 35.9. The lowest BCUT2D eigenvalue weighted by Gasteiger charge is -2.31. The number of amides is 1. The van der Waals surface area contributed by atoms with Crippen LogP contribution in [0.4, 0.5) is 13.6 Å². The van der Waals surface area contributed by atoms with E-state index in [1.165, 1.54) is 9.58 Å². The van der Waals surface area contributed by atoms with Crippen LogP contribution in [-0.2, 0) is 30.2 Å². The summed E-state index contributed by atoms with van der Waals surface area (Å²) >= 11 is 0. The van der Waals surface area contributed by atoms with Gasteiger partial charge >= 0.3 is 6.09 Å². The molecule has 1 saturated heterocycles. The number of carboxylic acid groups (broad SMARTS) is 1. The van der Waals surface area contributed by atoms with Gasteiger partial charge < -0.3 is 14.7 Å². The monoisotopic (exact) mass is 313 g/mol. The maximum absolute atomic E-state index is 14.6. The number of halogens is 2. The fourth-order valence-corrected chi connectivity index (χ4v) is 3.57. The Morgan fingerprint density at radius 2 is 2.18 bits per heavy atom. The minimum atomic E-state index is -3.00. The van der Waals surface area contributed by atoms with E-state index in [1.807, 2.05) is 0 Å². The molecule has 22 heavy (non-hydrogen) atoms. The quantitative estimate of drug-likeness (QED) is 0.743. The molecule has 0 aliphatic carbocycles. The van der Waals surface area contributed by atoms with Crippen molar-refractivity contribution in [2.75, 3.05) is 6.61 Å². The maximum Gasteiger partial charge on any atom is 0.407 e. The van der Waals surface area contributed by atoms with E-state index in [0.29, 0.717) is 37.3 Å². The van der Waals surface area contributed by atoms with Crippen molar-refractivity contribution in [3.05, 3.63) is 17.0 Å². The molecule has 6 nitrogen and oxygen atoms in total. The van der Waals surface area contributed by atoms with Crippen LogP contribution >= 0.6 is 0 Å². The van der Waals surface area contributed by atoms with Crippen molar-refractivity contribution < 1.29 is 23.4 Å². The molecule has 1 N–H and O–H groups in total. The second-order valence-electron chi connectivity index (χ2n) is 6.57. The standard InChI is InChI=1S/C14H17F2N3O3/c1-8-4-10-9(5-18(8)12(20)21)11-14(15,16)3-2-13(7-22-13)6-19(11)17-10/h8H,2-7H2,1H3,(H,20,21). The molecule has 3 aliphatic rings. The summed E-state index contributed by atoms with van der Waals surface area (Å²) in [6.07, 6.45) is -0.701. The zero-order valence-electron chi connectivity index (χ0n) is 12.2. The molecule has 2 unspecified atom stereocenters. The highest BCUT2D eigenvalue weighted by Gasteiger charge is 2.53. The molecule has 1 aromatic rings. The molecule has 0 aromatic carbocycles. The third kappa shape index (κ3) is 1.93. The summed E-state index contributed by atoms with van der Waals surface area (Å²) in [5, 5.41) is 13.6. The van der Waals surface area contributed by atoms with Gasteiger partial charge in [0.05, 0.1) is 25.4 Å². The minimum Gasteiger partial charge on any atom is -0.465 e. The zero-order chi connectivity index (χ0) is 15.7. The number of fused-ring (bicyclic) bond motifs is 3. The highest BCUT2D eigenvalue weighted by Crippen LogP contribution is 2.47. The number of nitrogens with zero attached hydrogens (tertiary/aromatic N) is 3. The SMILES string of the molecule is CC1Cc2nn3c(c2CN1C(=O)O)C(F)(F)CCC1(CO1)C3. The van der Waals surface area contributed by atoms with Crippen LogP contribution in [0, 0.1) is 0 Å². The van der Waals surface area contributed by atoms with Gasteiger partial charge in [-0.15, -0.1) is 0 Å². The summed E-state index contributed by atoms with van der Waals surface area (Å²) in [5.41, 5.74) is 0.357. The van der Waals surface area contributed by atoms with Crippen molar-refractivity contribution in [1.29, 1.82) is 0 Å². The smallest absolute Gasteiger partial charge is 0.407 e. The molecule has 0 radical (unpaired) electrons. The molecule has 4 rings (SSSR count). The van der Waals surface area contributed by atoms with Gasteiger partial charge in [0.2, 0.25) is 0 Å². The van der Waals surface area contributed by atoms with Gasteiger partial charge in [-0.25, -0.2) is 4.79 Å². The predicted octanol–water partition coefficient (Wildman–Crippen LogP) is 1.96. The second kappa shape index (κ2) is 4.18. The Hall–Kier alpha value is -1.70. The molecule has 2 atom stereocenters. The number of rotatable bonds is 0. The van der Waals surface area contributed by atoms with Gasteiger partial charge in [-0.05, 0) is 13.3 Å². The summed E-state index contributed by atoms with van der Waals surface area (Å²) in [6, 6.07) is -0.260. The maximum atomic E-state index is 14.6. The highest BCUT2D eigenvalue weighted by molar-refractivity contribution is 5.66. The molecule has 1 fully saturated rings. The van der Waals surface area contributed by atoms with Gasteiger partial charge in [0, 0.05) is 24.4 Å². The van der Waals surface area contributed by atoms with E-state index >= 15 is 0 Å². The minimum absolute atomic E-state index is 0.0232. The first kappa shape index (κ1) is 13.9. The third-order valence-electron chi connectivity index (χ3n) is 4.96. The van der Waals surface area contributed by atoms with Crippen molar-refractivity contribution in [3.8, 4) is 0 Å². The number of alkyl halides is 2. The van der Waals surface area contributed by atoms with Crippen LogP contribution in [0.3, 0.4) is 0 Å². The Morgan fingerprint density at radius 1 is 1.45 bits per heavy atom. The fourth-order valence-electron chi connectivity index (χ4n) is 3.57. The third-order valence-corrected chi connectivity index (χ3v) is 4.96. The largest absolute Gasteiger partial charge is 0.465 e. The Balaban J connectivity index is 1.81. The number of epoxide rings is 1. The molecule has 3 aliphatic heterocycles. The number of aromatic nitrogens is 2. The molecule has 120 valence electrons. The summed E-state index contributed by atoms with van der Waals surface area (Å²) in [4.78, 5) is 12.5. The lowest BCUT2D eigenvalue weighted by molar-refractivity contribution is -0.0229. The van der Waals surface area contributed by atoms with Crippen molar-refractivity contribution >= 4 is 6.09 Å². The van der Waals surface area contributed by atoms with Crippen LogP contribution in [0.5, 0.6) is 0 Å². The topological polar surface area (TPSA) is 70.9 Å². The summed E-state index contributed by atoms with van der Waals surface area (Å²) in [7, 11) is 0. The number of ether oxygens (including phenoxy) is 1. The van der Waals surface area contributed by atoms with E-state index in [-0.39, 0.29) is 24.7 Å². The lowest BCUT2D eigenvalue weighted by atomic mass is 9.96. The number of carbonyl (C=O) groups is 1. The van der Waals surface area contributed by atoms with Crippen molar-refractivity contribution in [1.82, 2.24) is 14.7 Å². The van der Waals surface area contributed by atoms with E-state index in [2.05, 4.69) is 5.10 Å². The van der Waals surface area contributed by atoms with Crippen LogP contribution in [0.2, 0.25) is 0 Å². The molecule has 1 aromatic heterocycles. The molecule has 0 saturated carbocycles. The second-order valence-corrected chi connectivity index (χ2v) is 6.57.